The third kappa shape index (κ3) is 5.57. The second kappa shape index (κ2) is 8.57. The number of unbranched alkanes of at least 4 members (excludes halogenated alkanes) is 1. The molecule has 0 aliphatic heterocycles. The summed E-state index contributed by atoms with van der Waals surface area (Å²) in [5, 5.41) is 0. The summed E-state index contributed by atoms with van der Waals surface area (Å²) in [4.78, 5) is 23.2. The minimum atomic E-state index is -6.51. The zero-order chi connectivity index (χ0) is 20.9. The fourth-order valence-electron chi connectivity index (χ4n) is 1.67. The third-order valence-electron chi connectivity index (χ3n) is 3.29. The number of alkyl halides is 7. The molecule has 1 aromatic carbocycles. The standard InChI is InChI=1S/C16H15F7O4/c1-2-3-8-26-12(24)10-4-6-11(7-5-10)13(25)27-9-14(17,18)15(19,20)16(21,22)23/h4-7H,2-3,8-9H2,1H3. The van der Waals surface area contributed by atoms with Crippen LogP contribution in [0.4, 0.5) is 30.7 Å². The zero-order valence-corrected chi connectivity index (χ0v) is 13.9. The van der Waals surface area contributed by atoms with E-state index in [0.717, 1.165) is 30.7 Å². The van der Waals surface area contributed by atoms with Gasteiger partial charge in [-0.25, -0.2) is 9.59 Å². The van der Waals surface area contributed by atoms with E-state index in [-0.39, 0.29) is 12.2 Å². The van der Waals surface area contributed by atoms with E-state index in [9.17, 15) is 40.3 Å². The smallest absolute Gasteiger partial charge is 0.460 e. The molecule has 0 aliphatic carbocycles. The van der Waals surface area contributed by atoms with Crippen molar-refractivity contribution >= 4 is 11.9 Å². The average Bonchev–Trinajstić information content (AvgIpc) is 2.59. The summed E-state index contributed by atoms with van der Waals surface area (Å²) in [5.41, 5.74) is -0.400. The van der Waals surface area contributed by atoms with Gasteiger partial charge in [-0.1, -0.05) is 13.3 Å². The first kappa shape index (κ1) is 22.7. The maximum atomic E-state index is 13.1. The minimum Gasteiger partial charge on any atom is -0.462 e. The maximum Gasteiger partial charge on any atom is 0.460 e. The van der Waals surface area contributed by atoms with Crippen LogP contribution in [0.5, 0.6) is 0 Å². The molecule has 0 N–H and O–H groups in total. The Morgan fingerprint density at radius 2 is 1.30 bits per heavy atom. The number of halogens is 7. The Morgan fingerprint density at radius 1 is 0.852 bits per heavy atom. The Kier molecular flexibility index (Phi) is 7.21. The zero-order valence-electron chi connectivity index (χ0n) is 13.9. The van der Waals surface area contributed by atoms with Crippen LogP contribution in [0.2, 0.25) is 0 Å². The van der Waals surface area contributed by atoms with Gasteiger partial charge in [0.25, 0.3) is 0 Å². The van der Waals surface area contributed by atoms with E-state index in [1.54, 1.807) is 0 Å². The molecule has 1 rings (SSSR count). The van der Waals surface area contributed by atoms with Gasteiger partial charge in [0.05, 0.1) is 17.7 Å². The lowest BCUT2D eigenvalue weighted by molar-refractivity contribution is -0.359. The second-order valence-electron chi connectivity index (χ2n) is 5.42. The molecule has 0 heterocycles. The number of carbonyl (C=O) groups excluding carboxylic acids is 2. The monoisotopic (exact) mass is 404 g/mol. The first-order valence-electron chi connectivity index (χ1n) is 7.60. The van der Waals surface area contributed by atoms with Gasteiger partial charge in [-0.3, -0.25) is 0 Å². The van der Waals surface area contributed by atoms with Gasteiger partial charge in [0.1, 0.15) is 0 Å². The van der Waals surface area contributed by atoms with Crippen LogP contribution in [-0.4, -0.2) is 43.2 Å². The summed E-state index contributed by atoms with van der Waals surface area (Å²) < 4.78 is 96.3. The highest BCUT2D eigenvalue weighted by Crippen LogP contribution is 2.46. The molecule has 0 radical (unpaired) electrons. The molecule has 0 spiro atoms. The molecule has 0 aromatic heterocycles. The largest absolute Gasteiger partial charge is 0.462 e. The quantitative estimate of drug-likeness (QED) is 0.360. The molecular formula is C16H15F7O4. The lowest BCUT2D eigenvalue weighted by atomic mass is 10.1. The topological polar surface area (TPSA) is 52.6 Å². The predicted molar refractivity (Wildman–Crippen MR) is 77.9 cm³/mol. The van der Waals surface area contributed by atoms with E-state index in [2.05, 4.69) is 4.74 Å². The van der Waals surface area contributed by atoms with Gasteiger partial charge in [0.15, 0.2) is 6.61 Å². The highest BCUT2D eigenvalue weighted by molar-refractivity contribution is 5.93. The second-order valence-corrected chi connectivity index (χ2v) is 5.42. The molecule has 0 bridgehead atoms. The van der Waals surface area contributed by atoms with E-state index in [1.165, 1.54) is 0 Å². The molecule has 11 heteroatoms. The summed E-state index contributed by atoms with van der Waals surface area (Å²) in [6, 6.07) is 4.10. The normalized spacial score (nSPS) is 12.6. The van der Waals surface area contributed by atoms with E-state index in [1.807, 2.05) is 6.92 Å². The van der Waals surface area contributed by atoms with Gasteiger partial charge in [-0.05, 0) is 30.7 Å². The highest BCUT2D eigenvalue weighted by Gasteiger charge is 2.73. The van der Waals surface area contributed by atoms with Crippen molar-refractivity contribution < 1.29 is 49.8 Å². The van der Waals surface area contributed by atoms with Crippen molar-refractivity contribution in [1.29, 1.82) is 0 Å². The lowest BCUT2D eigenvalue weighted by Gasteiger charge is -2.27. The van der Waals surface area contributed by atoms with Crippen LogP contribution in [-0.2, 0) is 9.47 Å². The van der Waals surface area contributed by atoms with Crippen molar-refractivity contribution in [2.75, 3.05) is 13.2 Å². The average molecular weight is 404 g/mol. The Balaban J connectivity index is 2.72. The molecule has 0 saturated heterocycles. The first-order valence-corrected chi connectivity index (χ1v) is 7.60. The van der Waals surface area contributed by atoms with Gasteiger partial charge < -0.3 is 9.47 Å². The maximum absolute atomic E-state index is 13.1. The van der Waals surface area contributed by atoms with Gasteiger partial charge >= 0.3 is 30.0 Å². The molecule has 0 atom stereocenters. The van der Waals surface area contributed by atoms with E-state index < -0.39 is 42.1 Å². The molecule has 0 aliphatic rings. The molecule has 152 valence electrons. The third-order valence-corrected chi connectivity index (χ3v) is 3.29. The van der Waals surface area contributed by atoms with Crippen molar-refractivity contribution in [3.05, 3.63) is 35.4 Å². The van der Waals surface area contributed by atoms with Crippen LogP contribution >= 0.6 is 0 Å². The molecule has 0 saturated carbocycles. The van der Waals surface area contributed by atoms with Crippen molar-refractivity contribution in [2.45, 2.75) is 37.8 Å². The fourth-order valence-corrected chi connectivity index (χ4v) is 1.67. The Hall–Kier alpha value is -2.33. The van der Waals surface area contributed by atoms with Gasteiger partial charge in [-0.2, -0.15) is 30.7 Å². The molecule has 0 unspecified atom stereocenters. The van der Waals surface area contributed by atoms with Crippen molar-refractivity contribution in [3.63, 3.8) is 0 Å². The molecular weight excluding hydrogens is 389 g/mol. The number of esters is 2. The number of rotatable bonds is 8. The van der Waals surface area contributed by atoms with E-state index >= 15 is 0 Å². The SMILES string of the molecule is CCCCOC(=O)c1ccc(C(=O)OCC(F)(F)C(F)(F)C(F)(F)F)cc1. The number of hydrogen-bond donors (Lipinski definition) is 0. The van der Waals surface area contributed by atoms with Gasteiger partial charge in [0, 0.05) is 0 Å². The van der Waals surface area contributed by atoms with Crippen molar-refractivity contribution in [3.8, 4) is 0 Å². The van der Waals surface area contributed by atoms with Crippen LogP contribution in [0.25, 0.3) is 0 Å². The molecule has 1 aromatic rings. The summed E-state index contributed by atoms with van der Waals surface area (Å²) in [5.74, 6) is -14.3. The van der Waals surface area contributed by atoms with Crippen molar-refractivity contribution in [2.24, 2.45) is 0 Å². The Bertz CT molecular complexity index is 654. The fraction of sp³-hybridized carbons (Fsp3) is 0.500. The summed E-state index contributed by atoms with van der Waals surface area (Å²) in [6.07, 6.45) is -5.09. The number of carbonyl (C=O) groups is 2. The van der Waals surface area contributed by atoms with Crippen LogP contribution in [0.3, 0.4) is 0 Å². The van der Waals surface area contributed by atoms with Crippen molar-refractivity contribution in [1.82, 2.24) is 0 Å². The number of ether oxygens (including phenoxy) is 2. The summed E-state index contributed by atoms with van der Waals surface area (Å²) in [7, 11) is 0. The number of hydrogen-bond acceptors (Lipinski definition) is 4. The molecule has 27 heavy (non-hydrogen) atoms. The van der Waals surface area contributed by atoms with Gasteiger partial charge in [-0.15, -0.1) is 0 Å². The minimum absolute atomic E-state index is 0.0246. The molecule has 0 amide bonds. The Morgan fingerprint density at radius 3 is 1.70 bits per heavy atom. The summed E-state index contributed by atoms with van der Waals surface area (Å²) in [6.45, 7) is -0.427. The van der Waals surface area contributed by atoms with Crippen LogP contribution in [0.1, 0.15) is 40.5 Å². The first-order chi connectivity index (χ1) is 12.3. The number of benzene rings is 1. The van der Waals surface area contributed by atoms with E-state index in [0.29, 0.717) is 6.42 Å². The molecule has 0 fully saturated rings. The van der Waals surface area contributed by atoms with Crippen LogP contribution in [0.15, 0.2) is 24.3 Å². The van der Waals surface area contributed by atoms with E-state index in [4.69, 9.17) is 4.74 Å². The summed E-state index contributed by atoms with van der Waals surface area (Å²) >= 11 is 0. The Labute approximate surface area is 149 Å². The predicted octanol–water partition coefficient (Wildman–Crippen LogP) is 4.63. The van der Waals surface area contributed by atoms with Crippen LogP contribution in [0, 0.1) is 0 Å². The van der Waals surface area contributed by atoms with Crippen LogP contribution < -0.4 is 0 Å². The van der Waals surface area contributed by atoms with Gasteiger partial charge in [0.2, 0.25) is 0 Å². The highest BCUT2D eigenvalue weighted by atomic mass is 19.4. The lowest BCUT2D eigenvalue weighted by Crippen LogP contribution is -2.54. The molecule has 4 nitrogen and oxygen atoms in total.